The van der Waals surface area contributed by atoms with Gasteiger partial charge in [0.25, 0.3) is 0 Å². The number of likely N-dealkylation sites (tertiary alicyclic amines) is 1. The summed E-state index contributed by atoms with van der Waals surface area (Å²) in [4.78, 5) is 14.4. The Bertz CT molecular complexity index is 542. The molecule has 1 fully saturated rings. The Morgan fingerprint density at radius 3 is 2.48 bits per heavy atom. The summed E-state index contributed by atoms with van der Waals surface area (Å²) in [6.45, 7) is 6.07. The van der Waals surface area contributed by atoms with Crippen LogP contribution in [0.1, 0.15) is 38.3 Å². The summed E-state index contributed by atoms with van der Waals surface area (Å²) in [7, 11) is 0. The number of hydrogen-bond acceptors (Lipinski definition) is 3. The van der Waals surface area contributed by atoms with Crippen molar-refractivity contribution >= 4 is 34.2 Å². The van der Waals surface area contributed by atoms with Crippen LogP contribution in [0.5, 0.6) is 0 Å². The first-order chi connectivity index (χ1) is 11.0. The third-order valence-electron chi connectivity index (χ3n) is 3.90. The van der Waals surface area contributed by atoms with Crippen molar-refractivity contribution in [1.82, 2.24) is 10.2 Å². The Kier molecular flexibility index (Phi) is 6.84. The molecule has 0 radical (unpaired) electrons. The van der Waals surface area contributed by atoms with Gasteiger partial charge in [0.2, 0.25) is 5.91 Å². The first-order valence-electron chi connectivity index (χ1n) is 7.94. The Labute approximate surface area is 147 Å². The first-order valence-corrected chi connectivity index (χ1v) is 9.33. The normalized spacial score (nSPS) is 15.7. The van der Waals surface area contributed by atoms with E-state index in [1.807, 2.05) is 13.8 Å². The maximum absolute atomic E-state index is 13.1. The van der Waals surface area contributed by atoms with Gasteiger partial charge in [-0.05, 0) is 36.5 Å². The van der Waals surface area contributed by atoms with Gasteiger partial charge in [-0.3, -0.25) is 4.79 Å². The van der Waals surface area contributed by atoms with Gasteiger partial charge in [-0.15, -0.1) is 0 Å². The minimum atomic E-state index is -0.269. The predicted octanol–water partition coefficient (Wildman–Crippen LogP) is 3.75. The van der Waals surface area contributed by atoms with Crippen molar-refractivity contribution < 1.29 is 9.18 Å². The molecule has 0 aliphatic carbocycles. The molecule has 1 heterocycles. The highest BCUT2D eigenvalue weighted by molar-refractivity contribution is 8.23. The SMILES string of the molecule is CC(C)C(NC(=O)CSC(=S)N1CCCC1)c1ccc(F)cc1. The van der Waals surface area contributed by atoms with Gasteiger partial charge in [-0.25, -0.2) is 4.39 Å². The topological polar surface area (TPSA) is 32.3 Å². The van der Waals surface area contributed by atoms with E-state index >= 15 is 0 Å². The van der Waals surface area contributed by atoms with Crippen molar-refractivity contribution in [3.05, 3.63) is 35.6 Å². The Morgan fingerprint density at radius 2 is 1.91 bits per heavy atom. The Hall–Kier alpha value is -1.14. The maximum atomic E-state index is 13.1. The van der Waals surface area contributed by atoms with Gasteiger partial charge in [0, 0.05) is 13.1 Å². The van der Waals surface area contributed by atoms with Crippen LogP contribution in [-0.4, -0.2) is 34.0 Å². The van der Waals surface area contributed by atoms with Crippen molar-refractivity contribution in [2.75, 3.05) is 18.8 Å². The first kappa shape index (κ1) is 18.2. The number of carbonyl (C=O) groups is 1. The summed E-state index contributed by atoms with van der Waals surface area (Å²) in [6.07, 6.45) is 2.35. The zero-order valence-corrected chi connectivity index (χ0v) is 15.2. The quantitative estimate of drug-likeness (QED) is 0.816. The van der Waals surface area contributed by atoms with Crippen molar-refractivity contribution in [2.45, 2.75) is 32.7 Å². The largest absolute Gasteiger partial charge is 0.358 e. The van der Waals surface area contributed by atoms with Crippen LogP contribution in [0.4, 0.5) is 4.39 Å². The lowest BCUT2D eigenvalue weighted by atomic mass is 9.96. The molecule has 126 valence electrons. The number of nitrogens with zero attached hydrogens (tertiary/aromatic N) is 1. The molecular formula is C17H23FN2OS2. The fourth-order valence-electron chi connectivity index (χ4n) is 2.64. The molecule has 6 heteroatoms. The summed E-state index contributed by atoms with van der Waals surface area (Å²) in [6, 6.07) is 6.18. The van der Waals surface area contributed by atoms with Crippen LogP contribution in [0.3, 0.4) is 0 Å². The van der Waals surface area contributed by atoms with E-state index in [9.17, 15) is 9.18 Å². The molecule has 3 nitrogen and oxygen atoms in total. The highest BCUT2D eigenvalue weighted by Crippen LogP contribution is 2.22. The Balaban J connectivity index is 1.88. The van der Waals surface area contributed by atoms with Crippen LogP contribution in [0.2, 0.25) is 0 Å². The molecule has 0 bridgehead atoms. The predicted molar refractivity (Wildman–Crippen MR) is 98.0 cm³/mol. The van der Waals surface area contributed by atoms with Crippen molar-refractivity contribution in [3.63, 3.8) is 0 Å². The Morgan fingerprint density at radius 1 is 1.30 bits per heavy atom. The van der Waals surface area contributed by atoms with Gasteiger partial charge in [-0.1, -0.05) is 50.0 Å². The number of thioether (sulfide) groups is 1. The van der Waals surface area contributed by atoms with Gasteiger partial charge in [-0.2, -0.15) is 0 Å². The van der Waals surface area contributed by atoms with E-state index < -0.39 is 0 Å². The van der Waals surface area contributed by atoms with Crippen LogP contribution in [0, 0.1) is 11.7 Å². The smallest absolute Gasteiger partial charge is 0.230 e. The number of nitrogens with one attached hydrogen (secondary N) is 1. The second-order valence-electron chi connectivity index (χ2n) is 6.09. The lowest BCUT2D eigenvalue weighted by molar-refractivity contribution is -0.119. The third kappa shape index (κ3) is 5.46. The van der Waals surface area contributed by atoms with E-state index in [4.69, 9.17) is 12.2 Å². The van der Waals surface area contributed by atoms with E-state index in [0.717, 1.165) is 23.0 Å². The fourth-order valence-corrected chi connectivity index (χ4v) is 3.70. The van der Waals surface area contributed by atoms with E-state index in [1.165, 1.54) is 36.7 Å². The summed E-state index contributed by atoms with van der Waals surface area (Å²) < 4.78 is 13.9. The molecule has 1 aromatic carbocycles. The number of amides is 1. The van der Waals surface area contributed by atoms with Crippen molar-refractivity contribution in [3.8, 4) is 0 Å². The van der Waals surface area contributed by atoms with Gasteiger partial charge in [0.1, 0.15) is 10.1 Å². The zero-order chi connectivity index (χ0) is 16.8. The average molecular weight is 355 g/mol. The molecule has 0 spiro atoms. The fraction of sp³-hybridized carbons (Fsp3) is 0.529. The summed E-state index contributed by atoms with van der Waals surface area (Å²) in [5.41, 5.74) is 0.918. The molecule has 2 rings (SSSR count). The number of rotatable bonds is 5. The maximum Gasteiger partial charge on any atom is 0.230 e. The number of benzene rings is 1. The minimum absolute atomic E-state index is 0.0421. The lowest BCUT2D eigenvalue weighted by Gasteiger charge is -2.23. The van der Waals surface area contributed by atoms with Gasteiger partial charge >= 0.3 is 0 Å². The second kappa shape index (κ2) is 8.64. The highest BCUT2D eigenvalue weighted by atomic mass is 32.2. The molecule has 1 amide bonds. The molecule has 1 N–H and O–H groups in total. The van der Waals surface area contributed by atoms with Gasteiger partial charge in [0.15, 0.2) is 0 Å². The molecule has 1 aliphatic heterocycles. The van der Waals surface area contributed by atoms with Gasteiger partial charge < -0.3 is 10.2 Å². The molecule has 0 aromatic heterocycles. The number of halogens is 1. The molecule has 1 atom stereocenters. The minimum Gasteiger partial charge on any atom is -0.358 e. The standard InChI is InChI=1S/C17H23FN2OS2/c1-12(2)16(13-5-7-14(18)8-6-13)19-15(21)11-23-17(22)20-9-3-4-10-20/h5-8,12,16H,3-4,9-11H2,1-2H3,(H,19,21). The van der Waals surface area contributed by atoms with Crippen LogP contribution in [-0.2, 0) is 4.79 Å². The molecular weight excluding hydrogens is 331 g/mol. The van der Waals surface area contributed by atoms with Crippen LogP contribution < -0.4 is 5.32 Å². The zero-order valence-electron chi connectivity index (χ0n) is 13.5. The van der Waals surface area contributed by atoms with E-state index in [0.29, 0.717) is 5.75 Å². The number of carbonyl (C=O) groups excluding carboxylic acids is 1. The molecule has 1 saturated heterocycles. The van der Waals surface area contributed by atoms with E-state index in [-0.39, 0.29) is 23.7 Å². The summed E-state index contributed by atoms with van der Waals surface area (Å²) in [5, 5.41) is 3.04. The lowest BCUT2D eigenvalue weighted by Crippen LogP contribution is -2.34. The van der Waals surface area contributed by atoms with E-state index in [2.05, 4.69) is 10.2 Å². The third-order valence-corrected chi connectivity index (χ3v) is 5.43. The molecule has 1 aromatic rings. The van der Waals surface area contributed by atoms with Crippen LogP contribution >= 0.6 is 24.0 Å². The van der Waals surface area contributed by atoms with Gasteiger partial charge in [0.05, 0.1) is 11.8 Å². The summed E-state index contributed by atoms with van der Waals surface area (Å²) in [5.74, 6) is 0.230. The van der Waals surface area contributed by atoms with Crippen molar-refractivity contribution in [1.29, 1.82) is 0 Å². The van der Waals surface area contributed by atoms with Crippen LogP contribution in [0.15, 0.2) is 24.3 Å². The van der Waals surface area contributed by atoms with Crippen molar-refractivity contribution in [2.24, 2.45) is 5.92 Å². The van der Waals surface area contributed by atoms with Crippen LogP contribution in [0.25, 0.3) is 0 Å². The molecule has 1 unspecified atom stereocenters. The highest BCUT2D eigenvalue weighted by Gasteiger charge is 2.20. The molecule has 0 saturated carbocycles. The number of thiocarbonyl (C=S) groups is 1. The van der Waals surface area contributed by atoms with E-state index in [1.54, 1.807) is 12.1 Å². The summed E-state index contributed by atoms with van der Waals surface area (Å²) >= 11 is 6.79. The average Bonchev–Trinajstić information content (AvgIpc) is 3.05. The second-order valence-corrected chi connectivity index (χ2v) is 7.70. The monoisotopic (exact) mass is 354 g/mol. The number of hydrogen-bond donors (Lipinski definition) is 1. The molecule has 23 heavy (non-hydrogen) atoms. The molecule has 1 aliphatic rings.